The lowest BCUT2D eigenvalue weighted by molar-refractivity contribution is 1.01. The van der Waals surface area contributed by atoms with Crippen molar-refractivity contribution in [2.75, 3.05) is 0 Å². The molecule has 0 aliphatic carbocycles. The summed E-state index contributed by atoms with van der Waals surface area (Å²) < 4.78 is 14.3. The fraction of sp³-hybridized carbons (Fsp3) is 0. The molecule has 0 bridgehead atoms. The summed E-state index contributed by atoms with van der Waals surface area (Å²) in [5.41, 5.74) is 23.7. The highest BCUT2D eigenvalue weighted by atomic mass is 32.1. The van der Waals surface area contributed by atoms with Crippen LogP contribution in [0, 0.1) is 0 Å². The zero-order chi connectivity index (χ0) is 92.0. The fourth-order valence-electron chi connectivity index (χ4n) is 21.8. The van der Waals surface area contributed by atoms with Gasteiger partial charge in [-0.2, -0.15) is 0 Å². The van der Waals surface area contributed by atoms with Gasteiger partial charge in [-0.25, -0.2) is 34.9 Å². The Bertz CT molecular complexity index is 10200. The average molecular weight is 1800 g/mol. The van der Waals surface area contributed by atoms with Gasteiger partial charge in [-0.3, -0.25) is 9.13 Å². The highest BCUT2D eigenvalue weighted by Crippen LogP contribution is 2.51. The second-order valence-corrected chi connectivity index (χ2v) is 36.7. The van der Waals surface area contributed by atoms with Gasteiger partial charge in [0.2, 0.25) is 11.9 Å². The van der Waals surface area contributed by atoms with Crippen molar-refractivity contribution in [3.05, 3.63) is 473 Å². The van der Waals surface area contributed by atoms with Crippen LogP contribution in [-0.4, -0.2) is 57.7 Å². The molecule has 0 amide bonds. The topological polar surface area (TPSA) is 115 Å². The van der Waals surface area contributed by atoms with Crippen LogP contribution in [0.1, 0.15) is 0 Å². The largest absolute Gasteiger partial charge is 0.309 e. The Morgan fingerprint density at radius 3 is 1.14 bits per heavy atom. The van der Waals surface area contributed by atoms with Crippen LogP contribution in [0.5, 0.6) is 0 Å². The maximum absolute atomic E-state index is 5.34. The van der Waals surface area contributed by atoms with Gasteiger partial charge in [0.25, 0.3) is 0 Å². The van der Waals surface area contributed by atoms with Crippen molar-refractivity contribution in [2.45, 2.75) is 0 Å². The molecule has 0 atom stereocenters. The Labute approximate surface area is 805 Å². The Balaban J connectivity index is 0.000000104. The third-order valence-corrected chi connectivity index (χ3v) is 29.0. The summed E-state index contributed by atoms with van der Waals surface area (Å²) in [4.78, 5) is 36.1. The van der Waals surface area contributed by atoms with E-state index in [0.717, 1.165) is 105 Å². The van der Waals surface area contributed by atoms with Gasteiger partial charge in [-0.1, -0.05) is 364 Å². The number of rotatable bonds is 10. The van der Waals surface area contributed by atoms with Crippen LogP contribution in [0.15, 0.2) is 473 Å². The molecule has 9 aromatic heterocycles. The van der Waals surface area contributed by atoms with Crippen molar-refractivity contribution < 1.29 is 0 Å². The second kappa shape index (κ2) is 32.6. The summed E-state index contributed by atoms with van der Waals surface area (Å²) in [6, 6.07) is 167. The van der Waals surface area contributed by atoms with Gasteiger partial charge in [0.05, 0.1) is 82.3 Å². The van der Waals surface area contributed by atoms with Gasteiger partial charge in [-0.05, 0) is 142 Å². The molecule has 140 heavy (non-hydrogen) atoms. The summed E-state index contributed by atoms with van der Waals surface area (Å²) in [6.07, 6.45) is 0. The third kappa shape index (κ3) is 12.8. The Hall–Kier alpha value is -18.7. The number of aromatic nitrogens is 12. The maximum atomic E-state index is 5.34. The monoisotopic (exact) mass is 1800 g/mol. The first kappa shape index (κ1) is 79.8. The van der Waals surface area contributed by atoms with Gasteiger partial charge >= 0.3 is 0 Å². The van der Waals surface area contributed by atoms with Crippen LogP contribution in [0.2, 0.25) is 0 Å². The van der Waals surface area contributed by atoms with E-state index >= 15 is 0 Å². The van der Waals surface area contributed by atoms with E-state index in [-0.39, 0.29) is 0 Å². The first-order valence-corrected chi connectivity index (χ1v) is 48.1. The highest BCUT2D eigenvalue weighted by Gasteiger charge is 2.29. The fourth-order valence-corrected chi connectivity index (χ4v) is 23.1. The molecule has 21 aromatic carbocycles. The van der Waals surface area contributed by atoms with Crippen LogP contribution < -0.4 is 0 Å². The number of fused-ring (bicyclic) bond motifs is 28. The molecule has 0 spiro atoms. The normalized spacial score (nSPS) is 11.9. The number of hydrogen-bond acceptors (Lipinski definition) is 8. The minimum Gasteiger partial charge on any atom is -0.309 e. The first-order valence-electron chi connectivity index (χ1n) is 47.3. The molecule has 0 radical (unpaired) electrons. The molecule has 0 aliphatic rings. The van der Waals surface area contributed by atoms with Gasteiger partial charge in [0.15, 0.2) is 17.5 Å². The molecular formula is C127H78N12S. The number of nitrogens with zero attached hydrogens (tertiary/aromatic N) is 12. The average Bonchev–Trinajstić information content (AvgIpc) is 1.54. The van der Waals surface area contributed by atoms with E-state index in [1.807, 2.05) is 84.1 Å². The van der Waals surface area contributed by atoms with Crippen molar-refractivity contribution in [2.24, 2.45) is 0 Å². The van der Waals surface area contributed by atoms with Crippen LogP contribution in [0.25, 0.3) is 269 Å². The van der Waals surface area contributed by atoms with Gasteiger partial charge < -0.3 is 13.7 Å². The summed E-state index contributed by atoms with van der Waals surface area (Å²) >= 11 is 1.86. The van der Waals surface area contributed by atoms with Gasteiger partial charge in [-0.15, -0.1) is 11.3 Å². The van der Waals surface area contributed by atoms with E-state index in [9.17, 15) is 0 Å². The van der Waals surface area contributed by atoms with Crippen molar-refractivity contribution in [1.82, 2.24) is 57.7 Å². The predicted molar refractivity (Wildman–Crippen MR) is 583 cm³/mol. The van der Waals surface area contributed by atoms with E-state index in [2.05, 4.69) is 423 Å². The molecule has 30 aromatic rings. The van der Waals surface area contributed by atoms with Crippen molar-refractivity contribution >= 4 is 195 Å². The van der Waals surface area contributed by atoms with Crippen molar-refractivity contribution in [3.8, 4) is 85.6 Å². The molecule has 652 valence electrons. The zero-order valence-electron chi connectivity index (χ0n) is 75.3. The molecule has 0 saturated heterocycles. The molecule has 9 heterocycles. The number of benzene rings is 21. The minimum absolute atomic E-state index is 0.648. The standard InChI is InChI=1S/C49H31N5.C42H26N4.C36H21N3S/c1-4-15-32(16-5-1)47-50-48(33-17-6-2-7-18-33)52-49(51-47)38-24-14-19-34-31-36(27-28-37(34)38)54-42-26-13-11-23-40(42)46-44(54)30-29-43-45(46)39-22-10-12-25-41(39)53(43)35-20-8-3-9-21-35;1-3-14-28(15-4-1)41-32-20-9-11-21-35(32)43-42(44-41)46-37-24-23-27-13-7-8-18-30(27)40(37)34-26-38-33(25-39(34)46)31-19-10-12-22-36(31)45(38)29-16-5-2-6-17-29;1-2-12-22(13-3-1)33-25-16-6-9-19-28(25)37-36(38-33)39-29-20-10-7-17-26(29)31-23-14-4-5-15-24(23)32-27-18-8-11-21-30(27)40-35(32)34(31)39/h1-31H;1-26H;1-21H. The number of thiophene rings is 1. The maximum Gasteiger partial charge on any atom is 0.235 e. The smallest absolute Gasteiger partial charge is 0.235 e. The molecule has 0 aliphatic heterocycles. The van der Waals surface area contributed by atoms with Crippen molar-refractivity contribution in [3.63, 3.8) is 0 Å². The molecule has 12 nitrogen and oxygen atoms in total. The lowest BCUT2D eigenvalue weighted by Gasteiger charge is -2.13. The van der Waals surface area contributed by atoms with Gasteiger partial charge in [0.1, 0.15) is 0 Å². The van der Waals surface area contributed by atoms with Crippen LogP contribution in [0.4, 0.5) is 0 Å². The summed E-state index contributed by atoms with van der Waals surface area (Å²) in [5.74, 6) is 3.31. The lowest BCUT2D eigenvalue weighted by Crippen LogP contribution is -2.03. The molecule has 0 unspecified atom stereocenters. The Kier molecular flexibility index (Phi) is 18.6. The highest BCUT2D eigenvalue weighted by molar-refractivity contribution is 7.27. The summed E-state index contributed by atoms with van der Waals surface area (Å²) in [7, 11) is 0. The molecule has 0 fully saturated rings. The number of hydrogen-bond donors (Lipinski definition) is 0. The predicted octanol–water partition coefficient (Wildman–Crippen LogP) is 32.8. The quantitative estimate of drug-likeness (QED) is 0.134. The summed E-state index contributed by atoms with van der Waals surface area (Å²) in [5, 5.41) is 24.1. The molecular weight excluding hydrogens is 1730 g/mol. The molecule has 13 heteroatoms. The van der Waals surface area contributed by atoms with Crippen LogP contribution in [-0.2, 0) is 0 Å². The first-order chi connectivity index (χ1) is 69.5. The molecule has 0 N–H and O–H groups in total. The zero-order valence-corrected chi connectivity index (χ0v) is 76.1. The summed E-state index contributed by atoms with van der Waals surface area (Å²) in [6.45, 7) is 0. The SMILES string of the molecule is c1ccc(-c2nc(-c3ccccc3)nc(-c3cccc4cc(-n5c6ccccc6c6c7c8ccccc8n(-c8ccccc8)c7ccc65)ccc34)n2)cc1.c1ccc(-c2nc(-n3c4cc5c6ccccc6n(-c6ccccc6)c5cc4c4c5ccccc5ccc43)nc3ccccc23)cc1.c1ccc(-c2nc(-n3c4ccccc4c4c5ccccc5c5c6ccccc6sc5c43)nc3ccccc23)cc1. The molecule has 0 saturated carbocycles. The third-order valence-electron chi connectivity index (χ3n) is 27.8. The Morgan fingerprint density at radius 1 is 0.179 bits per heavy atom. The van der Waals surface area contributed by atoms with E-state index in [1.165, 1.54) is 134 Å². The second-order valence-electron chi connectivity index (χ2n) is 35.7. The van der Waals surface area contributed by atoms with Crippen LogP contribution >= 0.6 is 11.3 Å². The van der Waals surface area contributed by atoms with E-state index in [0.29, 0.717) is 29.4 Å². The lowest BCUT2D eigenvalue weighted by atomic mass is 9.99. The van der Waals surface area contributed by atoms with E-state index < -0.39 is 0 Å². The van der Waals surface area contributed by atoms with E-state index in [4.69, 9.17) is 34.9 Å². The Morgan fingerprint density at radius 2 is 0.571 bits per heavy atom. The molecule has 30 rings (SSSR count). The van der Waals surface area contributed by atoms with Crippen molar-refractivity contribution in [1.29, 1.82) is 0 Å². The van der Waals surface area contributed by atoms with Gasteiger partial charge in [0, 0.05) is 125 Å². The minimum atomic E-state index is 0.648. The van der Waals surface area contributed by atoms with Crippen LogP contribution in [0.3, 0.4) is 0 Å². The van der Waals surface area contributed by atoms with E-state index in [1.54, 1.807) is 0 Å². The number of para-hydroxylation sites is 8.